The minimum atomic E-state index is -0.529. The first kappa shape index (κ1) is 13.4. The molecule has 0 aliphatic rings. The summed E-state index contributed by atoms with van der Waals surface area (Å²) in [6.45, 7) is 2.57. The first-order chi connectivity index (χ1) is 6.61. The van der Waals surface area contributed by atoms with Crippen LogP contribution in [0.5, 0.6) is 0 Å². The summed E-state index contributed by atoms with van der Waals surface area (Å²) in [4.78, 5) is 11.2. The molecule has 0 bridgehead atoms. The maximum atomic E-state index is 11.2. The average Bonchev–Trinajstić information content (AvgIpc) is 2.16. The number of ether oxygens (including phenoxy) is 1. The Balaban J connectivity index is 3.48. The second-order valence-corrected chi connectivity index (χ2v) is 3.20. The largest absolute Gasteiger partial charge is 0.391 e. The van der Waals surface area contributed by atoms with Crippen LogP contribution in [-0.2, 0) is 9.53 Å². The third-order valence-electron chi connectivity index (χ3n) is 1.91. The van der Waals surface area contributed by atoms with Gasteiger partial charge in [0.05, 0.1) is 18.8 Å². The van der Waals surface area contributed by atoms with E-state index in [2.05, 4.69) is 5.32 Å². The summed E-state index contributed by atoms with van der Waals surface area (Å²) >= 11 is 0. The van der Waals surface area contributed by atoms with Crippen molar-refractivity contribution < 1.29 is 14.6 Å². The number of rotatable bonds is 7. The van der Waals surface area contributed by atoms with Crippen LogP contribution in [0.25, 0.3) is 0 Å². The van der Waals surface area contributed by atoms with Gasteiger partial charge in [-0.1, -0.05) is 6.92 Å². The van der Waals surface area contributed by atoms with E-state index >= 15 is 0 Å². The first-order valence-electron chi connectivity index (χ1n) is 4.82. The normalized spacial score (nSPS) is 14.9. The van der Waals surface area contributed by atoms with E-state index in [1.165, 1.54) is 7.11 Å². The molecule has 5 heteroatoms. The van der Waals surface area contributed by atoms with Crippen molar-refractivity contribution in [1.82, 2.24) is 5.32 Å². The van der Waals surface area contributed by atoms with Gasteiger partial charge in [-0.25, -0.2) is 0 Å². The highest BCUT2D eigenvalue weighted by molar-refractivity contribution is 5.81. The maximum absolute atomic E-state index is 11.2. The monoisotopic (exact) mass is 204 g/mol. The van der Waals surface area contributed by atoms with Gasteiger partial charge >= 0.3 is 0 Å². The lowest BCUT2D eigenvalue weighted by Crippen LogP contribution is -2.41. The van der Waals surface area contributed by atoms with Crippen LogP contribution >= 0.6 is 0 Å². The van der Waals surface area contributed by atoms with Crippen molar-refractivity contribution in [2.75, 3.05) is 20.3 Å². The molecule has 0 spiro atoms. The van der Waals surface area contributed by atoms with Crippen LogP contribution in [0.2, 0.25) is 0 Å². The van der Waals surface area contributed by atoms with E-state index in [4.69, 9.17) is 10.5 Å². The van der Waals surface area contributed by atoms with Crippen molar-refractivity contribution in [3.63, 3.8) is 0 Å². The van der Waals surface area contributed by atoms with Gasteiger partial charge in [0.1, 0.15) is 0 Å². The Bertz CT molecular complexity index is 164. The first-order valence-corrected chi connectivity index (χ1v) is 4.82. The molecule has 84 valence electrons. The number of hydrogen-bond acceptors (Lipinski definition) is 4. The molecule has 0 aromatic heterocycles. The van der Waals surface area contributed by atoms with E-state index in [-0.39, 0.29) is 12.5 Å². The van der Waals surface area contributed by atoms with E-state index < -0.39 is 12.1 Å². The Morgan fingerprint density at radius 2 is 2.29 bits per heavy atom. The highest BCUT2D eigenvalue weighted by Gasteiger charge is 2.10. The van der Waals surface area contributed by atoms with E-state index in [0.29, 0.717) is 19.4 Å². The van der Waals surface area contributed by atoms with Crippen molar-refractivity contribution in [3.8, 4) is 0 Å². The van der Waals surface area contributed by atoms with E-state index in [9.17, 15) is 9.90 Å². The molecule has 0 fully saturated rings. The fraction of sp³-hybridized carbons (Fsp3) is 0.889. The Hall–Kier alpha value is -0.650. The van der Waals surface area contributed by atoms with E-state index in [1.807, 2.05) is 6.92 Å². The lowest BCUT2D eigenvalue weighted by atomic mass is 10.2. The second kappa shape index (κ2) is 7.73. The van der Waals surface area contributed by atoms with Crippen LogP contribution in [0.1, 0.15) is 19.8 Å². The highest BCUT2D eigenvalue weighted by Crippen LogP contribution is 1.91. The van der Waals surface area contributed by atoms with Crippen molar-refractivity contribution in [3.05, 3.63) is 0 Å². The summed E-state index contributed by atoms with van der Waals surface area (Å²) in [5, 5.41) is 11.9. The van der Waals surface area contributed by atoms with Gasteiger partial charge in [0.15, 0.2) is 0 Å². The van der Waals surface area contributed by atoms with Crippen LogP contribution in [0.15, 0.2) is 0 Å². The molecule has 1 unspecified atom stereocenters. The van der Waals surface area contributed by atoms with Gasteiger partial charge in [-0.3, -0.25) is 4.79 Å². The SMILES string of the molecule is CC[C@H](N)C(=O)NCCC(O)COC. The van der Waals surface area contributed by atoms with Crippen LogP contribution in [-0.4, -0.2) is 43.4 Å². The average molecular weight is 204 g/mol. The number of aliphatic hydroxyl groups is 1. The summed E-state index contributed by atoms with van der Waals surface area (Å²) in [5.41, 5.74) is 5.49. The minimum Gasteiger partial charge on any atom is -0.391 e. The molecule has 0 radical (unpaired) electrons. The van der Waals surface area contributed by atoms with Gasteiger partial charge < -0.3 is 20.9 Å². The molecule has 0 heterocycles. The zero-order chi connectivity index (χ0) is 11.0. The van der Waals surface area contributed by atoms with Crippen molar-refractivity contribution in [2.24, 2.45) is 5.73 Å². The standard InChI is InChI=1S/C9H20N2O3/c1-3-8(10)9(13)11-5-4-7(12)6-14-2/h7-8,12H,3-6,10H2,1-2H3,(H,11,13)/t7?,8-/m0/s1. The van der Waals surface area contributed by atoms with Crippen LogP contribution in [0.3, 0.4) is 0 Å². The molecule has 1 amide bonds. The van der Waals surface area contributed by atoms with Gasteiger partial charge in [0, 0.05) is 13.7 Å². The molecule has 0 aromatic carbocycles. The number of carbonyl (C=O) groups is 1. The van der Waals surface area contributed by atoms with Gasteiger partial charge in [0.2, 0.25) is 5.91 Å². The molecule has 0 aromatic rings. The van der Waals surface area contributed by atoms with Crippen LogP contribution < -0.4 is 11.1 Å². The van der Waals surface area contributed by atoms with Crippen molar-refractivity contribution >= 4 is 5.91 Å². The lowest BCUT2D eigenvalue weighted by molar-refractivity contribution is -0.122. The van der Waals surface area contributed by atoms with Crippen molar-refractivity contribution in [1.29, 1.82) is 0 Å². The molecule has 0 rings (SSSR count). The van der Waals surface area contributed by atoms with Crippen LogP contribution in [0, 0.1) is 0 Å². The number of nitrogens with one attached hydrogen (secondary N) is 1. The van der Waals surface area contributed by atoms with Gasteiger partial charge in [0.25, 0.3) is 0 Å². The summed E-state index contributed by atoms with van der Waals surface area (Å²) in [7, 11) is 1.52. The second-order valence-electron chi connectivity index (χ2n) is 3.20. The highest BCUT2D eigenvalue weighted by atomic mass is 16.5. The molecule has 14 heavy (non-hydrogen) atoms. The number of aliphatic hydroxyl groups excluding tert-OH is 1. The van der Waals surface area contributed by atoms with Crippen LogP contribution in [0.4, 0.5) is 0 Å². The van der Waals surface area contributed by atoms with Crippen molar-refractivity contribution in [2.45, 2.75) is 31.9 Å². The zero-order valence-corrected chi connectivity index (χ0v) is 8.82. The summed E-state index contributed by atoms with van der Waals surface area (Å²) in [6, 6.07) is -0.449. The number of amides is 1. The number of nitrogens with two attached hydrogens (primary N) is 1. The quantitative estimate of drug-likeness (QED) is 0.509. The Morgan fingerprint density at radius 1 is 1.64 bits per heavy atom. The predicted molar refractivity (Wildman–Crippen MR) is 53.8 cm³/mol. The molecular weight excluding hydrogens is 184 g/mol. The topological polar surface area (TPSA) is 84.6 Å². The van der Waals surface area contributed by atoms with Gasteiger partial charge in [-0.2, -0.15) is 0 Å². The number of hydrogen-bond donors (Lipinski definition) is 3. The third-order valence-corrected chi connectivity index (χ3v) is 1.91. The summed E-state index contributed by atoms with van der Waals surface area (Å²) in [5.74, 6) is -0.169. The van der Waals surface area contributed by atoms with E-state index in [0.717, 1.165) is 0 Å². The fourth-order valence-electron chi connectivity index (χ4n) is 0.954. The fourth-order valence-corrected chi connectivity index (χ4v) is 0.954. The van der Waals surface area contributed by atoms with Gasteiger partial charge in [-0.15, -0.1) is 0 Å². The predicted octanol–water partition coefficient (Wildman–Crippen LogP) is -0.763. The Labute approximate surface area is 84.6 Å². The zero-order valence-electron chi connectivity index (χ0n) is 8.82. The Kier molecular flexibility index (Phi) is 7.37. The minimum absolute atomic E-state index is 0.169. The van der Waals surface area contributed by atoms with Gasteiger partial charge in [-0.05, 0) is 12.8 Å². The molecule has 0 aliphatic carbocycles. The number of carbonyl (C=O) groups excluding carboxylic acids is 1. The molecule has 5 nitrogen and oxygen atoms in total. The Morgan fingerprint density at radius 3 is 2.79 bits per heavy atom. The summed E-state index contributed by atoms with van der Waals surface area (Å²) in [6.07, 6.45) is 0.570. The maximum Gasteiger partial charge on any atom is 0.236 e. The lowest BCUT2D eigenvalue weighted by Gasteiger charge is -2.12. The molecule has 0 saturated carbocycles. The molecule has 2 atom stereocenters. The molecule has 4 N–H and O–H groups in total. The molecule has 0 aliphatic heterocycles. The smallest absolute Gasteiger partial charge is 0.236 e. The third kappa shape index (κ3) is 5.90. The van der Waals surface area contributed by atoms with E-state index in [1.54, 1.807) is 0 Å². The summed E-state index contributed by atoms with van der Waals surface area (Å²) < 4.78 is 4.74. The molecular formula is C9H20N2O3. The molecule has 0 saturated heterocycles. The number of methoxy groups -OCH3 is 1.